The number of oxazole rings is 1. The van der Waals surface area contributed by atoms with Gasteiger partial charge in [-0.3, -0.25) is 4.79 Å². The smallest absolute Gasteiger partial charge is 0.306 e. The molecule has 0 radical (unpaired) electrons. The molecule has 4 rings (SSSR count). The Balaban J connectivity index is 1.20. The molecule has 33 heavy (non-hydrogen) atoms. The maximum Gasteiger partial charge on any atom is 0.306 e. The van der Waals surface area contributed by atoms with E-state index in [0.717, 1.165) is 11.1 Å². The number of aryl methyl sites for hydroxylation is 1. The average molecular weight is 473 g/mol. The van der Waals surface area contributed by atoms with Crippen LogP contribution in [0.1, 0.15) is 24.1 Å². The first-order chi connectivity index (χ1) is 15.9. The Hall–Kier alpha value is -3.37. The van der Waals surface area contributed by atoms with E-state index in [1.807, 2.05) is 31.2 Å². The lowest BCUT2D eigenvalue weighted by molar-refractivity contribution is -0.145. The summed E-state index contributed by atoms with van der Waals surface area (Å²) in [6, 6.07) is 12.2. The van der Waals surface area contributed by atoms with Crippen molar-refractivity contribution in [2.45, 2.75) is 31.3 Å². The fourth-order valence-electron chi connectivity index (χ4n) is 3.14. The van der Waals surface area contributed by atoms with Gasteiger partial charge in [-0.15, -0.1) is 0 Å². The maximum atomic E-state index is 12.5. The first-order valence-corrected chi connectivity index (χ1v) is 12.0. The summed E-state index contributed by atoms with van der Waals surface area (Å²) >= 11 is 0. The number of rotatable bonds is 9. The van der Waals surface area contributed by atoms with Gasteiger partial charge in [-0.1, -0.05) is 17.7 Å². The Kier molecular flexibility index (Phi) is 6.95. The van der Waals surface area contributed by atoms with Crippen LogP contribution in [-0.4, -0.2) is 39.1 Å². The number of hydrogen-bond donors (Lipinski definition) is 1. The Morgan fingerprint density at radius 2 is 1.85 bits per heavy atom. The van der Waals surface area contributed by atoms with Crippen LogP contribution in [0.25, 0.3) is 11.5 Å². The van der Waals surface area contributed by atoms with Crippen molar-refractivity contribution in [3.63, 3.8) is 0 Å². The van der Waals surface area contributed by atoms with Crippen molar-refractivity contribution in [3.05, 3.63) is 60.0 Å². The molecule has 0 bridgehead atoms. The van der Waals surface area contributed by atoms with Gasteiger partial charge in [0.2, 0.25) is 15.9 Å². The molecule has 0 fully saturated rings. The van der Waals surface area contributed by atoms with Gasteiger partial charge in [-0.05, 0) is 37.6 Å². The number of hydrogen-bond acceptors (Lipinski definition) is 8. The number of ether oxygens (including phenoxy) is 3. The Morgan fingerprint density at radius 3 is 2.64 bits per heavy atom. The molecule has 0 saturated heterocycles. The minimum absolute atomic E-state index is 0.0167. The molecule has 9 nitrogen and oxygen atoms in total. The number of benzene rings is 2. The van der Waals surface area contributed by atoms with Crippen LogP contribution in [0.15, 0.2) is 58.0 Å². The van der Waals surface area contributed by atoms with Gasteiger partial charge in [0.25, 0.3) is 0 Å². The lowest BCUT2D eigenvalue weighted by atomic mass is 10.1. The van der Waals surface area contributed by atoms with E-state index in [2.05, 4.69) is 9.71 Å². The molecule has 0 unspecified atom stereocenters. The van der Waals surface area contributed by atoms with E-state index in [0.29, 0.717) is 36.3 Å². The van der Waals surface area contributed by atoms with Crippen LogP contribution in [0.4, 0.5) is 0 Å². The molecule has 0 atom stereocenters. The number of nitrogens with one attached hydrogen (secondary N) is 1. The second kappa shape index (κ2) is 10.1. The summed E-state index contributed by atoms with van der Waals surface area (Å²) in [6.07, 6.45) is 1.80. The highest BCUT2D eigenvalue weighted by atomic mass is 32.2. The Morgan fingerprint density at radius 1 is 1.09 bits per heavy atom. The lowest BCUT2D eigenvalue weighted by Gasteiger charge is -2.18. The molecule has 3 aromatic rings. The summed E-state index contributed by atoms with van der Waals surface area (Å²) in [5.74, 6) is 0.912. The van der Waals surface area contributed by atoms with E-state index in [1.54, 1.807) is 6.07 Å². The predicted octanol–water partition coefficient (Wildman–Crippen LogP) is 3.22. The third kappa shape index (κ3) is 5.91. The number of fused-ring (bicyclic) bond motifs is 1. The van der Waals surface area contributed by atoms with Gasteiger partial charge < -0.3 is 18.6 Å². The van der Waals surface area contributed by atoms with Gasteiger partial charge in [-0.2, -0.15) is 0 Å². The minimum Gasteiger partial charge on any atom is -0.486 e. The number of nitrogens with zero attached hydrogens (tertiary/aromatic N) is 1. The zero-order valence-electron chi connectivity index (χ0n) is 18.1. The van der Waals surface area contributed by atoms with Crippen LogP contribution in [-0.2, 0) is 26.2 Å². The van der Waals surface area contributed by atoms with Crippen LogP contribution in [0.5, 0.6) is 11.5 Å². The molecule has 2 heterocycles. The second-order valence-electron chi connectivity index (χ2n) is 7.48. The highest BCUT2D eigenvalue weighted by Gasteiger charge is 2.19. The molecular formula is C23H24N2O7S. The van der Waals surface area contributed by atoms with E-state index in [1.165, 1.54) is 18.4 Å². The minimum atomic E-state index is -3.73. The molecular weight excluding hydrogens is 448 g/mol. The van der Waals surface area contributed by atoms with Crippen molar-refractivity contribution >= 4 is 16.0 Å². The molecule has 174 valence electrons. The van der Waals surface area contributed by atoms with E-state index in [4.69, 9.17) is 18.6 Å². The largest absolute Gasteiger partial charge is 0.486 e. The predicted molar refractivity (Wildman–Crippen MR) is 118 cm³/mol. The van der Waals surface area contributed by atoms with E-state index in [9.17, 15) is 13.2 Å². The summed E-state index contributed by atoms with van der Waals surface area (Å²) in [5.41, 5.74) is 2.47. The maximum absolute atomic E-state index is 12.5. The van der Waals surface area contributed by atoms with Crippen LogP contribution >= 0.6 is 0 Å². The van der Waals surface area contributed by atoms with Crippen molar-refractivity contribution in [1.29, 1.82) is 0 Å². The fourth-order valence-corrected chi connectivity index (χ4v) is 4.23. The standard InChI is InChI=1S/C23H24N2O7S/c1-16-4-6-17(7-5-16)23-25-18(15-32-23)14-31-22(26)3-2-10-24-33(27,28)19-8-9-20-21(13-19)30-12-11-29-20/h4-9,13,15,24H,2-3,10-12,14H2,1H3. The molecule has 1 N–H and O–H groups in total. The zero-order chi connectivity index (χ0) is 23.3. The average Bonchev–Trinajstić information content (AvgIpc) is 3.30. The second-order valence-corrected chi connectivity index (χ2v) is 9.24. The Labute approximate surface area is 191 Å². The van der Waals surface area contributed by atoms with Crippen molar-refractivity contribution in [1.82, 2.24) is 9.71 Å². The summed E-state index contributed by atoms with van der Waals surface area (Å²) in [6.45, 7) is 2.86. The molecule has 0 amide bonds. The van der Waals surface area contributed by atoms with Gasteiger partial charge in [-0.25, -0.2) is 18.1 Å². The number of carbonyl (C=O) groups is 1. The molecule has 0 saturated carbocycles. The van der Waals surface area contributed by atoms with E-state index < -0.39 is 16.0 Å². The van der Waals surface area contributed by atoms with Crippen LogP contribution in [0.3, 0.4) is 0 Å². The fraction of sp³-hybridized carbons (Fsp3) is 0.304. The molecule has 2 aromatic carbocycles. The number of aromatic nitrogens is 1. The SMILES string of the molecule is Cc1ccc(-c2nc(COC(=O)CCCNS(=O)(=O)c3ccc4c(c3)OCCO4)co2)cc1. The van der Waals surface area contributed by atoms with Gasteiger partial charge in [0, 0.05) is 24.6 Å². The highest BCUT2D eigenvalue weighted by Crippen LogP contribution is 2.32. The van der Waals surface area contributed by atoms with Crippen molar-refractivity contribution < 1.29 is 31.8 Å². The monoisotopic (exact) mass is 472 g/mol. The molecule has 10 heteroatoms. The van der Waals surface area contributed by atoms with Crippen LogP contribution in [0.2, 0.25) is 0 Å². The molecule has 1 aromatic heterocycles. The third-order valence-corrected chi connectivity index (χ3v) is 6.36. The zero-order valence-corrected chi connectivity index (χ0v) is 18.9. The summed E-state index contributed by atoms with van der Waals surface area (Å²) in [4.78, 5) is 16.4. The lowest BCUT2D eigenvalue weighted by Crippen LogP contribution is -2.25. The van der Waals surface area contributed by atoms with Gasteiger partial charge >= 0.3 is 5.97 Å². The van der Waals surface area contributed by atoms with Gasteiger partial charge in [0.05, 0.1) is 4.90 Å². The summed E-state index contributed by atoms with van der Waals surface area (Å²) < 4.78 is 48.9. The summed E-state index contributed by atoms with van der Waals surface area (Å²) in [7, 11) is -3.73. The Bertz CT molecular complexity index is 1220. The molecule has 0 spiro atoms. The molecule has 1 aliphatic rings. The van der Waals surface area contributed by atoms with Crippen molar-refractivity contribution in [2.24, 2.45) is 0 Å². The van der Waals surface area contributed by atoms with Gasteiger partial charge in [0.15, 0.2) is 11.5 Å². The number of esters is 1. The quantitative estimate of drug-likeness (QED) is 0.373. The third-order valence-electron chi connectivity index (χ3n) is 4.91. The van der Waals surface area contributed by atoms with Crippen LogP contribution in [0, 0.1) is 6.92 Å². The topological polar surface area (TPSA) is 117 Å². The molecule has 1 aliphatic heterocycles. The highest BCUT2D eigenvalue weighted by molar-refractivity contribution is 7.89. The van der Waals surface area contributed by atoms with Crippen molar-refractivity contribution in [2.75, 3.05) is 19.8 Å². The first-order valence-electron chi connectivity index (χ1n) is 10.5. The van der Waals surface area contributed by atoms with Gasteiger partial charge in [0.1, 0.15) is 31.8 Å². The number of sulfonamides is 1. The van der Waals surface area contributed by atoms with E-state index >= 15 is 0 Å². The first kappa shape index (κ1) is 22.8. The summed E-state index contributed by atoms with van der Waals surface area (Å²) in [5, 5.41) is 0. The van der Waals surface area contributed by atoms with Crippen LogP contribution < -0.4 is 14.2 Å². The molecule has 0 aliphatic carbocycles. The normalized spacial score (nSPS) is 13.0. The number of carbonyl (C=O) groups excluding carboxylic acids is 1. The van der Waals surface area contributed by atoms with E-state index in [-0.39, 0.29) is 30.9 Å². The van der Waals surface area contributed by atoms with Crippen molar-refractivity contribution in [3.8, 4) is 23.0 Å².